The lowest BCUT2D eigenvalue weighted by Gasteiger charge is -2.31. The molecule has 1 atom stereocenters. The highest BCUT2D eigenvalue weighted by atomic mass is 16.5. The number of aliphatic hydroxyl groups excluding tert-OH is 1. The van der Waals surface area contributed by atoms with E-state index in [0.29, 0.717) is 29.5 Å². The van der Waals surface area contributed by atoms with E-state index in [9.17, 15) is 14.7 Å². The minimum absolute atomic E-state index is 0.209. The minimum Gasteiger partial charge on any atom is -0.495 e. The van der Waals surface area contributed by atoms with Crippen molar-refractivity contribution in [1.29, 1.82) is 0 Å². The second kappa shape index (κ2) is 9.98. The number of hydrogen-bond donors (Lipinski definition) is 3. The minimum atomic E-state index is -0.486. The van der Waals surface area contributed by atoms with Crippen LogP contribution in [-0.2, 0) is 4.74 Å². The highest BCUT2D eigenvalue weighted by Gasteiger charge is 2.19. The van der Waals surface area contributed by atoms with Gasteiger partial charge in [0.05, 0.1) is 25.5 Å². The molecule has 0 bridgehead atoms. The van der Waals surface area contributed by atoms with Gasteiger partial charge in [0.1, 0.15) is 5.75 Å². The lowest BCUT2D eigenvalue weighted by atomic mass is 9.99. The van der Waals surface area contributed by atoms with Gasteiger partial charge in [0.15, 0.2) is 0 Å². The molecule has 8 heteroatoms. The van der Waals surface area contributed by atoms with E-state index in [1.165, 1.54) is 20.3 Å². The van der Waals surface area contributed by atoms with Crippen LogP contribution in [-0.4, -0.2) is 69.0 Å². The number of benzene rings is 1. The molecule has 0 aromatic heterocycles. The summed E-state index contributed by atoms with van der Waals surface area (Å²) in [4.78, 5) is 26.0. The van der Waals surface area contributed by atoms with E-state index in [2.05, 4.69) is 20.3 Å². The zero-order valence-corrected chi connectivity index (χ0v) is 15.3. The van der Waals surface area contributed by atoms with Gasteiger partial charge in [0, 0.05) is 26.2 Å². The van der Waals surface area contributed by atoms with Crippen LogP contribution >= 0.6 is 0 Å². The first kappa shape index (κ1) is 20.0. The van der Waals surface area contributed by atoms with Gasteiger partial charge < -0.3 is 30.1 Å². The number of methoxy groups -OCH3 is 2. The van der Waals surface area contributed by atoms with Crippen molar-refractivity contribution in [2.75, 3.05) is 52.3 Å². The first-order valence-corrected chi connectivity index (χ1v) is 8.71. The van der Waals surface area contributed by atoms with E-state index in [0.717, 1.165) is 32.5 Å². The van der Waals surface area contributed by atoms with Crippen LogP contribution in [0, 0.1) is 5.92 Å². The molecule has 1 aromatic rings. The smallest absolute Gasteiger partial charge is 0.337 e. The maximum Gasteiger partial charge on any atom is 0.337 e. The Hall–Kier alpha value is -2.32. The van der Waals surface area contributed by atoms with Gasteiger partial charge in [0.25, 0.3) is 0 Å². The highest BCUT2D eigenvalue weighted by Crippen LogP contribution is 2.25. The van der Waals surface area contributed by atoms with E-state index >= 15 is 0 Å². The molecule has 2 rings (SSSR count). The molecule has 1 heterocycles. The summed E-state index contributed by atoms with van der Waals surface area (Å²) >= 11 is 0. The molecule has 0 radical (unpaired) electrons. The number of anilines is 1. The standard InChI is InChI=1S/C18H27N3O5/c1-25-16-6-5-14(17(23)26-2)10-15(16)20-18(24)19-7-9-21-8-3-4-13(11-21)12-22/h5-6,10,13,22H,3-4,7-9,11-12H2,1-2H3,(H2,19,20,24). The van der Waals surface area contributed by atoms with Crippen LogP contribution < -0.4 is 15.4 Å². The number of urea groups is 1. The van der Waals surface area contributed by atoms with Crippen LogP contribution in [0.5, 0.6) is 5.75 Å². The number of carbonyl (C=O) groups is 2. The normalized spacial score (nSPS) is 17.4. The third-order valence-electron chi connectivity index (χ3n) is 4.44. The fraction of sp³-hybridized carbons (Fsp3) is 0.556. The summed E-state index contributed by atoms with van der Waals surface area (Å²) in [5, 5.41) is 14.8. The Bertz CT molecular complexity index is 623. The van der Waals surface area contributed by atoms with E-state index in [4.69, 9.17) is 4.74 Å². The fourth-order valence-corrected chi connectivity index (χ4v) is 3.05. The second-order valence-corrected chi connectivity index (χ2v) is 6.28. The molecule has 8 nitrogen and oxygen atoms in total. The molecule has 1 fully saturated rings. The fourth-order valence-electron chi connectivity index (χ4n) is 3.05. The number of nitrogens with zero attached hydrogens (tertiary/aromatic N) is 1. The van der Waals surface area contributed by atoms with E-state index < -0.39 is 5.97 Å². The van der Waals surface area contributed by atoms with Crippen molar-refractivity contribution in [3.8, 4) is 5.75 Å². The lowest BCUT2D eigenvalue weighted by Crippen LogP contribution is -2.42. The van der Waals surface area contributed by atoms with Crippen LogP contribution in [0.4, 0.5) is 10.5 Å². The van der Waals surface area contributed by atoms with Gasteiger partial charge >= 0.3 is 12.0 Å². The van der Waals surface area contributed by atoms with Crippen molar-refractivity contribution in [2.24, 2.45) is 5.92 Å². The number of esters is 1. The van der Waals surface area contributed by atoms with Gasteiger partial charge in [-0.25, -0.2) is 9.59 Å². The number of piperidine rings is 1. The molecule has 0 saturated carbocycles. The number of aliphatic hydroxyl groups is 1. The molecule has 2 amide bonds. The number of carbonyl (C=O) groups excluding carboxylic acids is 2. The number of ether oxygens (including phenoxy) is 2. The molecule has 1 aliphatic rings. The van der Waals surface area contributed by atoms with Crippen molar-refractivity contribution in [3.63, 3.8) is 0 Å². The second-order valence-electron chi connectivity index (χ2n) is 6.28. The SMILES string of the molecule is COC(=O)c1ccc(OC)c(NC(=O)NCCN2CCCC(CO)C2)c1. The molecule has 1 aromatic carbocycles. The van der Waals surface area contributed by atoms with Gasteiger partial charge in [-0.05, 0) is 43.5 Å². The summed E-state index contributed by atoms with van der Waals surface area (Å²) in [7, 11) is 2.79. The van der Waals surface area contributed by atoms with Crippen molar-refractivity contribution in [2.45, 2.75) is 12.8 Å². The van der Waals surface area contributed by atoms with Gasteiger partial charge in [-0.3, -0.25) is 0 Å². The highest BCUT2D eigenvalue weighted by molar-refractivity contribution is 5.95. The third-order valence-corrected chi connectivity index (χ3v) is 4.44. The maximum atomic E-state index is 12.1. The molecule has 0 aliphatic carbocycles. The Morgan fingerprint density at radius 2 is 2.15 bits per heavy atom. The molecule has 3 N–H and O–H groups in total. The van der Waals surface area contributed by atoms with Gasteiger partial charge in [0.2, 0.25) is 0 Å². The Labute approximate surface area is 153 Å². The van der Waals surface area contributed by atoms with Crippen LogP contribution in [0.3, 0.4) is 0 Å². The number of rotatable bonds is 7. The molecule has 1 unspecified atom stereocenters. The van der Waals surface area contributed by atoms with Crippen molar-refractivity contribution in [1.82, 2.24) is 10.2 Å². The Morgan fingerprint density at radius 3 is 2.85 bits per heavy atom. The molecular formula is C18H27N3O5. The average molecular weight is 365 g/mol. The van der Waals surface area contributed by atoms with Gasteiger partial charge in [-0.2, -0.15) is 0 Å². The van der Waals surface area contributed by atoms with E-state index in [1.807, 2.05) is 0 Å². The topological polar surface area (TPSA) is 100 Å². The first-order chi connectivity index (χ1) is 12.6. The largest absolute Gasteiger partial charge is 0.495 e. The van der Waals surface area contributed by atoms with Crippen LogP contribution in [0.2, 0.25) is 0 Å². The Morgan fingerprint density at radius 1 is 1.35 bits per heavy atom. The van der Waals surface area contributed by atoms with Crippen molar-refractivity contribution in [3.05, 3.63) is 23.8 Å². The zero-order chi connectivity index (χ0) is 18.9. The van der Waals surface area contributed by atoms with Crippen LogP contribution in [0.25, 0.3) is 0 Å². The average Bonchev–Trinajstić information content (AvgIpc) is 2.67. The Kier molecular flexibility index (Phi) is 7.68. The lowest BCUT2D eigenvalue weighted by molar-refractivity contribution is 0.0600. The molecule has 26 heavy (non-hydrogen) atoms. The quantitative estimate of drug-likeness (QED) is 0.630. The summed E-state index contributed by atoms with van der Waals surface area (Å²) in [6.07, 6.45) is 2.12. The predicted molar refractivity (Wildman–Crippen MR) is 97.6 cm³/mol. The molecule has 144 valence electrons. The van der Waals surface area contributed by atoms with Gasteiger partial charge in [-0.15, -0.1) is 0 Å². The first-order valence-electron chi connectivity index (χ1n) is 8.71. The number of nitrogens with one attached hydrogen (secondary N) is 2. The number of amides is 2. The van der Waals surface area contributed by atoms with Crippen LogP contribution in [0.15, 0.2) is 18.2 Å². The molecule has 1 aliphatic heterocycles. The summed E-state index contributed by atoms with van der Waals surface area (Å²) in [5.41, 5.74) is 0.721. The Balaban J connectivity index is 1.86. The predicted octanol–water partition coefficient (Wildman–Crippen LogP) is 1.31. The molecular weight excluding hydrogens is 338 g/mol. The van der Waals surface area contributed by atoms with Crippen molar-refractivity contribution >= 4 is 17.7 Å². The maximum absolute atomic E-state index is 12.1. The van der Waals surface area contributed by atoms with Gasteiger partial charge in [-0.1, -0.05) is 0 Å². The van der Waals surface area contributed by atoms with Crippen molar-refractivity contribution < 1.29 is 24.2 Å². The summed E-state index contributed by atoms with van der Waals surface area (Å²) in [6.45, 7) is 3.26. The van der Waals surface area contributed by atoms with E-state index in [1.54, 1.807) is 12.1 Å². The monoisotopic (exact) mass is 365 g/mol. The molecule has 0 spiro atoms. The van der Waals surface area contributed by atoms with Crippen LogP contribution in [0.1, 0.15) is 23.2 Å². The number of likely N-dealkylation sites (tertiary alicyclic amines) is 1. The molecule has 1 saturated heterocycles. The summed E-state index contributed by atoms with van der Waals surface area (Å²) < 4.78 is 9.90. The summed E-state index contributed by atoms with van der Waals surface area (Å²) in [6, 6.07) is 4.31. The third kappa shape index (κ3) is 5.60. The number of hydrogen-bond acceptors (Lipinski definition) is 6. The van der Waals surface area contributed by atoms with E-state index in [-0.39, 0.29) is 12.6 Å². The zero-order valence-electron chi connectivity index (χ0n) is 15.3. The summed E-state index contributed by atoms with van der Waals surface area (Å²) in [5.74, 6) is 0.289.